The molecule has 0 aromatic carbocycles. The number of alkyl halides is 1. The fourth-order valence-corrected chi connectivity index (χ4v) is 8.21. The number of aliphatic hydroxyl groups excluding tert-OH is 1. The number of allylic oxidation sites excluding steroid dienone is 4. The molecule has 9 heteroatoms. The van der Waals surface area contributed by atoms with Crippen LogP contribution in [-0.4, -0.2) is 59.4 Å². The zero-order valence-electron chi connectivity index (χ0n) is 23.6. The molecule has 8 atom stereocenters. The Morgan fingerprint density at radius 2 is 1.87 bits per heavy atom. The van der Waals surface area contributed by atoms with E-state index in [-0.39, 0.29) is 25.2 Å². The Balaban J connectivity index is 1.76. The van der Waals surface area contributed by atoms with Gasteiger partial charge in [0, 0.05) is 29.1 Å². The Kier molecular flexibility index (Phi) is 7.89. The molecular weight excluding hydrogens is 507 g/mol. The van der Waals surface area contributed by atoms with E-state index in [0.717, 1.165) is 6.42 Å². The lowest BCUT2D eigenvalue weighted by atomic mass is 9.44. The average molecular weight is 549 g/mol. The molecule has 3 saturated carbocycles. The third-order valence-corrected chi connectivity index (χ3v) is 10.2. The van der Waals surface area contributed by atoms with Crippen LogP contribution in [-0.2, 0) is 28.6 Å². The molecule has 1 N–H and O–H groups in total. The summed E-state index contributed by atoms with van der Waals surface area (Å²) in [7, 11) is 0. The molecule has 0 amide bonds. The molecule has 39 heavy (non-hydrogen) atoms. The van der Waals surface area contributed by atoms with Gasteiger partial charge >= 0.3 is 12.1 Å². The molecule has 0 saturated heterocycles. The molecule has 0 bridgehead atoms. The van der Waals surface area contributed by atoms with Crippen molar-refractivity contribution < 1.29 is 42.9 Å². The fourth-order valence-electron chi connectivity index (χ4n) is 8.21. The van der Waals surface area contributed by atoms with E-state index < -0.39 is 70.5 Å². The first-order valence-electron chi connectivity index (χ1n) is 14.2. The number of unbranched alkanes of at least 4 members (excludes halogenated alkanes) is 1. The van der Waals surface area contributed by atoms with Crippen molar-refractivity contribution in [3.63, 3.8) is 0 Å². The standard InChI is InChI=1S/C30H41FO8/c1-6-8-13-37-26(36)39-30(24(34)17-38-25(35)7-2)18(3)14-22-21-10-9-19-15-20(32)11-12-27(19,4)29(21,31)23(33)16-28(22,30)5/h11-12,15,18,21-23,33H,6-10,13-14,16-17H2,1-5H3/t18-,21+,22+,23+,27+,28+,29+,30+/m1/s1. The molecule has 0 aromatic rings. The highest BCUT2D eigenvalue weighted by Crippen LogP contribution is 2.71. The van der Waals surface area contributed by atoms with Gasteiger partial charge in [-0.25, -0.2) is 9.18 Å². The number of esters is 1. The van der Waals surface area contributed by atoms with E-state index in [4.69, 9.17) is 14.2 Å². The van der Waals surface area contributed by atoms with Crippen LogP contribution in [0.25, 0.3) is 0 Å². The summed E-state index contributed by atoms with van der Waals surface area (Å²) in [6.45, 7) is 8.36. The first-order valence-corrected chi connectivity index (χ1v) is 14.2. The number of hydrogen-bond acceptors (Lipinski definition) is 8. The minimum Gasteiger partial charge on any atom is -0.457 e. The SMILES string of the molecule is CCCCOC(=O)O[C@]1(C(=O)COC(=O)CC)[C@H](C)C[C@H]2[C@@H]3CCC4=CC(=O)C=C[C@]4(C)[C@@]3(F)[C@@H](O)C[C@@]21C. The minimum atomic E-state index is -2.09. The highest BCUT2D eigenvalue weighted by molar-refractivity contribution is 6.01. The number of aliphatic hydroxyl groups is 1. The minimum absolute atomic E-state index is 0.0747. The normalized spacial score (nSPS) is 40.6. The molecule has 8 nitrogen and oxygen atoms in total. The predicted molar refractivity (Wildman–Crippen MR) is 139 cm³/mol. The lowest BCUT2D eigenvalue weighted by molar-refractivity contribution is -0.222. The van der Waals surface area contributed by atoms with Gasteiger partial charge in [0.05, 0.1) is 12.7 Å². The van der Waals surface area contributed by atoms with Gasteiger partial charge < -0.3 is 19.3 Å². The molecule has 0 unspecified atom stereocenters. The zero-order valence-corrected chi connectivity index (χ0v) is 23.6. The number of hydrogen-bond donors (Lipinski definition) is 1. The van der Waals surface area contributed by atoms with Crippen LogP contribution in [0.3, 0.4) is 0 Å². The van der Waals surface area contributed by atoms with E-state index in [1.165, 1.54) is 12.2 Å². The maximum absolute atomic E-state index is 17.5. The van der Waals surface area contributed by atoms with Crippen LogP contribution in [0.1, 0.15) is 79.6 Å². The van der Waals surface area contributed by atoms with Gasteiger partial charge in [0.2, 0.25) is 5.78 Å². The Hall–Kier alpha value is -2.55. The number of carbonyl (C=O) groups excluding carboxylic acids is 4. The number of ether oxygens (including phenoxy) is 3. The van der Waals surface area contributed by atoms with Gasteiger partial charge in [0.15, 0.2) is 23.7 Å². The number of rotatable bonds is 8. The van der Waals surface area contributed by atoms with Crippen molar-refractivity contribution in [2.45, 2.75) is 96.9 Å². The number of halogens is 1. The molecule has 4 aliphatic rings. The summed E-state index contributed by atoms with van der Waals surface area (Å²) in [4.78, 5) is 50.9. The second-order valence-corrected chi connectivity index (χ2v) is 12.1. The van der Waals surface area contributed by atoms with Crippen LogP contribution < -0.4 is 0 Å². The van der Waals surface area contributed by atoms with Crippen molar-refractivity contribution in [2.24, 2.45) is 28.6 Å². The highest BCUT2D eigenvalue weighted by atomic mass is 19.1. The molecular formula is C30H41FO8. The first-order chi connectivity index (χ1) is 18.3. The predicted octanol–water partition coefficient (Wildman–Crippen LogP) is 4.82. The molecule has 0 aliphatic heterocycles. The van der Waals surface area contributed by atoms with E-state index in [0.29, 0.717) is 31.3 Å². The van der Waals surface area contributed by atoms with Gasteiger partial charge in [-0.15, -0.1) is 0 Å². The first kappa shape index (κ1) is 29.4. The fraction of sp³-hybridized carbons (Fsp3) is 0.733. The Morgan fingerprint density at radius 1 is 1.15 bits per heavy atom. The van der Waals surface area contributed by atoms with Gasteiger partial charge in [-0.2, -0.15) is 0 Å². The van der Waals surface area contributed by atoms with Crippen molar-refractivity contribution in [3.8, 4) is 0 Å². The summed E-state index contributed by atoms with van der Waals surface area (Å²) >= 11 is 0. The summed E-state index contributed by atoms with van der Waals surface area (Å²) < 4.78 is 33.9. The van der Waals surface area contributed by atoms with Gasteiger partial charge in [-0.1, -0.05) is 45.8 Å². The number of Topliss-reactive ketones (excluding diaryl/α,β-unsaturated/α-hetero) is 1. The van der Waals surface area contributed by atoms with Crippen molar-refractivity contribution >= 4 is 23.7 Å². The Morgan fingerprint density at radius 3 is 2.54 bits per heavy atom. The molecule has 0 radical (unpaired) electrons. The van der Waals surface area contributed by atoms with E-state index >= 15 is 4.39 Å². The van der Waals surface area contributed by atoms with E-state index in [9.17, 15) is 24.3 Å². The van der Waals surface area contributed by atoms with Crippen LogP contribution in [0, 0.1) is 28.6 Å². The monoisotopic (exact) mass is 548 g/mol. The third kappa shape index (κ3) is 4.26. The van der Waals surface area contributed by atoms with E-state index in [1.807, 2.05) is 6.92 Å². The maximum Gasteiger partial charge on any atom is 0.509 e. The summed E-state index contributed by atoms with van der Waals surface area (Å²) in [5, 5.41) is 11.6. The van der Waals surface area contributed by atoms with Crippen molar-refractivity contribution in [2.75, 3.05) is 13.2 Å². The Labute approximate surface area is 229 Å². The summed E-state index contributed by atoms with van der Waals surface area (Å²) in [5.41, 5.74) is -5.55. The molecule has 0 aromatic heterocycles. The van der Waals surface area contributed by atoms with Crippen LogP contribution in [0.15, 0.2) is 23.8 Å². The van der Waals surface area contributed by atoms with Crippen LogP contribution in [0.5, 0.6) is 0 Å². The summed E-state index contributed by atoms with van der Waals surface area (Å²) in [6.07, 6.45) is 4.44. The molecule has 0 spiro atoms. The van der Waals surface area contributed by atoms with Crippen LogP contribution in [0.2, 0.25) is 0 Å². The quantitative estimate of drug-likeness (QED) is 0.339. The van der Waals surface area contributed by atoms with Crippen molar-refractivity contribution in [1.29, 1.82) is 0 Å². The van der Waals surface area contributed by atoms with Gasteiger partial charge in [-0.05, 0) is 57.1 Å². The lowest BCUT2D eigenvalue weighted by Gasteiger charge is -2.62. The second kappa shape index (κ2) is 10.5. The molecule has 0 heterocycles. The van der Waals surface area contributed by atoms with Crippen molar-refractivity contribution in [1.82, 2.24) is 0 Å². The average Bonchev–Trinajstić information content (AvgIpc) is 3.10. The smallest absolute Gasteiger partial charge is 0.457 e. The van der Waals surface area contributed by atoms with Crippen LogP contribution in [0.4, 0.5) is 9.18 Å². The topological polar surface area (TPSA) is 116 Å². The Bertz CT molecular complexity index is 1100. The lowest BCUT2D eigenvalue weighted by Crippen LogP contribution is -2.70. The van der Waals surface area contributed by atoms with E-state index in [2.05, 4.69) is 0 Å². The number of fused-ring (bicyclic) bond motifs is 5. The third-order valence-electron chi connectivity index (χ3n) is 10.2. The number of carbonyl (C=O) groups is 4. The molecule has 3 fully saturated rings. The van der Waals surface area contributed by atoms with Gasteiger partial charge in [0.25, 0.3) is 0 Å². The highest BCUT2D eigenvalue weighted by Gasteiger charge is 2.77. The number of ketones is 2. The zero-order chi connectivity index (χ0) is 28.8. The summed E-state index contributed by atoms with van der Waals surface area (Å²) in [5.74, 6) is -3.02. The largest absolute Gasteiger partial charge is 0.509 e. The maximum atomic E-state index is 17.5. The van der Waals surface area contributed by atoms with Crippen molar-refractivity contribution in [3.05, 3.63) is 23.8 Å². The summed E-state index contributed by atoms with van der Waals surface area (Å²) in [6, 6.07) is 0. The van der Waals surface area contributed by atoms with Gasteiger partial charge in [-0.3, -0.25) is 14.4 Å². The molecule has 4 aliphatic carbocycles. The second-order valence-electron chi connectivity index (χ2n) is 12.1. The van der Waals surface area contributed by atoms with E-state index in [1.54, 1.807) is 33.8 Å². The van der Waals surface area contributed by atoms with Gasteiger partial charge in [0.1, 0.15) is 0 Å². The molecule has 4 rings (SSSR count). The molecule has 216 valence electrons. The van der Waals surface area contributed by atoms with Crippen LogP contribution >= 0.6 is 0 Å².